The fourth-order valence-corrected chi connectivity index (χ4v) is 1.55. The number of aryl methyl sites for hydroxylation is 1. The molecule has 0 fully saturated rings. The Morgan fingerprint density at radius 1 is 1.31 bits per heavy atom. The van der Waals surface area contributed by atoms with Crippen LogP contribution >= 0.6 is 0 Å². The second-order valence-corrected chi connectivity index (χ2v) is 3.23. The quantitative estimate of drug-likeness (QED) is 0.681. The van der Waals surface area contributed by atoms with Crippen LogP contribution in [0.4, 0.5) is 0 Å². The highest BCUT2D eigenvalue weighted by atomic mass is 16.3. The van der Waals surface area contributed by atoms with Crippen LogP contribution in [0.25, 0.3) is 5.57 Å². The van der Waals surface area contributed by atoms with Gasteiger partial charge < -0.3 is 5.11 Å². The van der Waals surface area contributed by atoms with Gasteiger partial charge in [-0.1, -0.05) is 31.2 Å². The highest BCUT2D eigenvalue weighted by molar-refractivity contribution is 5.69. The smallest absolute Gasteiger partial charge is 0.0929 e. The van der Waals surface area contributed by atoms with Crippen LogP contribution in [0.1, 0.15) is 31.4 Å². The van der Waals surface area contributed by atoms with Gasteiger partial charge in [-0.3, -0.25) is 0 Å². The molecule has 0 unspecified atom stereocenters. The van der Waals surface area contributed by atoms with Crippen molar-refractivity contribution in [1.29, 1.82) is 0 Å². The van der Waals surface area contributed by atoms with Crippen molar-refractivity contribution in [1.82, 2.24) is 0 Å². The first-order valence-corrected chi connectivity index (χ1v) is 4.61. The van der Waals surface area contributed by atoms with Crippen molar-refractivity contribution in [2.24, 2.45) is 0 Å². The predicted octanol–water partition coefficient (Wildman–Crippen LogP) is 3.69. The third kappa shape index (κ3) is 2.11. The summed E-state index contributed by atoms with van der Waals surface area (Å²) in [5, 5.41) is 9.47. The van der Waals surface area contributed by atoms with Gasteiger partial charge in [-0.05, 0) is 37.0 Å². The summed E-state index contributed by atoms with van der Waals surface area (Å²) in [4.78, 5) is 0. The summed E-state index contributed by atoms with van der Waals surface area (Å²) >= 11 is 0. The number of hydrogen-bond acceptors (Lipinski definition) is 1. The van der Waals surface area contributed by atoms with E-state index in [1.165, 1.54) is 5.56 Å². The standard InChI is InChI=1S/C12H16O/c1-4-11(10(3)13)12-8-6-5-7-9(12)2/h5-8,13H,4H2,1-3H3/b11-10-. The molecule has 0 aliphatic heterocycles. The maximum atomic E-state index is 9.47. The molecule has 0 saturated heterocycles. The van der Waals surface area contributed by atoms with Gasteiger partial charge in [0.1, 0.15) is 0 Å². The molecular weight excluding hydrogens is 160 g/mol. The first-order chi connectivity index (χ1) is 6.16. The van der Waals surface area contributed by atoms with Crippen LogP contribution in [0, 0.1) is 6.92 Å². The van der Waals surface area contributed by atoms with Crippen molar-refractivity contribution < 1.29 is 5.11 Å². The summed E-state index contributed by atoms with van der Waals surface area (Å²) in [5.74, 6) is 0.428. The lowest BCUT2D eigenvalue weighted by atomic mass is 9.98. The molecule has 13 heavy (non-hydrogen) atoms. The van der Waals surface area contributed by atoms with Gasteiger partial charge in [0.25, 0.3) is 0 Å². The Morgan fingerprint density at radius 2 is 1.92 bits per heavy atom. The number of hydrogen-bond donors (Lipinski definition) is 1. The summed E-state index contributed by atoms with van der Waals surface area (Å²) in [5.41, 5.74) is 3.41. The molecule has 1 aromatic rings. The molecule has 0 bridgehead atoms. The van der Waals surface area contributed by atoms with Crippen LogP contribution in [0.5, 0.6) is 0 Å². The van der Waals surface area contributed by atoms with Gasteiger partial charge in [-0.25, -0.2) is 0 Å². The Labute approximate surface area is 79.7 Å². The van der Waals surface area contributed by atoms with E-state index >= 15 is 0 Å². The van der Waals surface area contributed by atoms with Crippen molar-refractivity contribution in [3.63, 3.8) is 0 Å². The Balaban J connectivity index is 3.21. The summed E-state index contributed by atoms with van der Waals surface area (Å²) in [7, 11) is 0. The SMILES string of the molecule is CC/C(=C(\C)O)c1ccccc1C. The van der Waals surface area contributed by atoms with Gasteiger partial charge in [0, 0.05) is 0 Å². The first-order valence-electron chi connectivity index (χ1n) is 4.61. The van der Waals surface area contributed by atoms with Crippen molar-refractivity contribution in [3.8, 4) is 0 Å². The van der Waals surface area contributed by atoms with E-state index in [0.717, 1.165) is 17.6 Å². The summed E-state index contributed by atoms with van der Waals surface area (Å²) < 4.78 is 0. The molecule has 0 radical (unpaired) electrons. The zero-order valence-corrected chi connectivity index (χ0v) is 8.46. The molecule has 0 amide bonds. The number of rotatable bonds is 2. The molecule has 0 aliphatic rings. The predicted molar refractivity (Wildman–Crippen MR) is 56.7 cm³/mol. The van der Waals surface area contributed by atoms with Crippen LogP contribution in [0.2, 0.25) is 0 Å². The van der Waals surface area contributed by atoms with Crippen LogP contribution in [0.3, 0.4) is 0 Å². The average Bonchev–Trinajstić information content (AvgIpc) is 2.09. The zero-order chi connectivity index (χ0) is 9.84. The zero-order valence-electron chi connectivity index (χ0n) is 8.46. The molecule has 1 rings (SSSR count). The molecule has 0 saturated carbocycles. The van der Waals surface area contributed by atoms with E-state index in [0.29, 0.717) is 5.76 Å². The Hall–Kier alpha value is -1.24. The summed E-state index contributed by atoms with van der Waals surface area (Å²) in [6.45, 7) is 5.86. The van der Waals surface area contributed by atoms with E-state index < -0.39 is 0 Å². The van der Waals surface area contributed by atoms with Crippen molar-refractivity contribution >= 4 is 5.57 Å². The molecule has 0 heterocycles. The van der Waals surface area contributed by atoms with Gasteiger partial charge in [0.15, 0.2) is 0 Å². The highest BCUT2D eigenvalue weighted by Gasteiger charge is 2.04. The minimum absolute atomic E-state index is 0.428. The van der Waals surface area contributed by atoms with Crippen LogP contribution in [-0.4, -0.2) is 5.11 Å². The van der Waals surface area contributed by atoms with E-state index in [4.69, 9.17) is 0 Å². The molecular formula is C12H16O. The molecule has 1 nitrogen and oxygen atoms in total. The van der Waals surface area contributed by atoms with Crippen LogP contribution in [0.15, 0.2) is 30.0 Å². The molecule has 1 aromatic carbocycles. The summed E-state index contributed by atoms with van der Waals surface area (Å²) in [6, 6.07) is 8.13. The third-order valence-electron chi connectivity index (χ3n) is 2.26. The Bertz CT molecular complexity index is 320. The molecule has 70 valence electrons. The highest BCUT2D eigenvalue weighted by Crippen LogP contribution is 2.23. The maximum Gasteiger partial charge on any atom is 0.0929 e. The molecule has 0 atom stereocenters. The van der Waals surface area contributed by atoms with E-state index in [-0.39, 0.29) is 0 Å². The fraction of sp³-hybridized carbons (Fsp3) is 0.333. The second-order valence-electron chi connectivity index (χ2n) is 3.23. The van der Waals surface area contributed by atoms with Crippen LogP contribution in [-0.2, 0) is 0 Å². The molecule has 0 spiro atoms. The minimum Gasteiger partial charge on any atom is -0.512 e. The number of aliphatic hydroxyl groups excluding tert-OH is 1. The number of benzene rings is 1. The second kappa shape index (κ2) is 4.13. The van der Waals surface area contributed by atoms with E-state index in [9.17, 15) is 5.11 Å². The lowest BCUT2D eigenvalue weighted by Crippen LogP contribution is -1.90. The molecule has 1 heteroatoms. The van der Waals surface area contributed by atoms with Crippen molar-refractivity contribution in [3.05, 3.63) is 41.2 Å². The number of aliphatic hydroxyl groups is 1. The van der Waals surface area contributed by atoms with Gasteiger partial charge in [-0.2, -0.15) is 0 Å². The molecule has 1 N–H and O–H groups in total. The third-order valence-corrected chi connectivity index (χ3v) is 2.26. The minimum atomic E-state index is 0.428. The molecule has 0 aliphatic carbocycles. The lowest BCUT2D eigenvalue weighted by molar-refractivity contribution is 0.415. The Kier molecular flexibility index (Phi) is 3.13. The topological polar surface area (TPSA) is 20.2 Å². The largest absolute Gasteiger partial charge is 0.512 e. The van der Waals surface area contributed by atoms with E-state index in [2.05, 4.69) is 19.9 Å². The number of allylic oxidation sites excluding steroid dienone is 2. The lowest BCUT2D eigenvalue weighted by Gasteiger charge is -2.09. The summed E-state index contributed by atoms with van der Waals surface area (Å²) in [6.07, 6.45) is 0.868. The first kappa shape index (κ1) is 9.85. The van der Waals surface area contributed by atoms with Gasteiger partial charge in [0.05, 0.1) is 5.76 Å². The normalized spacial score (nSPS) is 12.5. The fourth-order valence-electron chi connectivity index (χ4n) is 1.55. The molecule has 0 aromatic heterocycles. The van der Waals surface area contributed by atoms with E-state index in [1.54, 1.807) is 6.92 Å². The average molecular weight is 176 g/mol. The Morgan fingerprint density at radius 3 is 2.38 bits per heavy atom. The monoisotopic (exact) mass is 176 g/mol. The van der Waals surface area contributed by atoms with Crippen molar-refractivity contribution in [2.45, 2.75) is 27.2 Å². The van der Waals surface area contributed by atoms with Crippen LogP contribution < -0.4 is 0 Å². The van der Waals surface area contributed by atoms with Gasteiger partial charge >= 0.3 is 0 Å². The maximum absolute atomic E-state index is 9.47. The van der Waals surface area contributed by atoms with E-state index in [1.807, 2.05) is 18.2 Å². The van der Waals surface area contributed by atoms with Crippen molar-refractivity contribution in [2.75, 3.05) is 0 Å². The van der Waals surface area contributed by atoms with Gasteiger partial charge in [-0.15, -0.1) is 0 Å². The van der Waals surface area contributed by atoms with Gasteiger partial charge in [0.2, 0.25) is 0 Å².